The first-order valence-corrected chi connectivity index (χ1v) is 13.7. The number of hydrogen-bond donors (Lipinski definition) is 0. The first-order chi connectivity index (χ1) is 14.9. The molecule has 0 radical (unpaired) electrons. The Hall–Kier alpha value is -1.81. The molecule has 1 saturated heterocycles. The fraction of sp³-hybridized carbons (Fsp3) is 0.455. The number of carbonyl (C=O) groups is 1. The van der Waals surface area contributed by atoms with Gasteiger partial charge in [-0.2, -0.15) is 9.30 Å². The Labute approximate surface area is 190 Å². The van der Waals surface area contributed by atoms with E-state index in [9.17, 15) is 13.2 Å². The first kappa shape index (κ1) is 22.4. The molecule has 0 unspecified atom stereocenters. The first-order valence-electron chi connectivity index (χ1n) is 10.6. The lowest BCUT2D eigenvalue weighted by Gasteiger charge is -2.29. The average molecular weight is 478 g/mol. The molecule has 3 aromatic rings. The lowest BCUT2D eigenvalue weighted by Crippen LogP contribution is -2.40. The fourth-order valence-corrected chi connectivity index (χ4v) is 7.59. The van der Waals surface area contributed by atoms with Crippen LogP contribution in [0, 0.1) is 5.92 Å². The molecular weight excluding hydrogens is 450 g/mol. The summed E-state index contributed by atoms with van der Waals surface area (Å²) in [5.41, 5.74) is 2.39. The summed E-state index contributed by atoms with van der Waals surface area (Å²) in [4.78, 5) is 18.0. The summed E-state index contributed by atoms with van der Waals surface area (Å²) < 4.78 is 30.3. The van der Waals surface area contributed by atoms with Crippen LogP contribution in [0.4, 0.5) is 0 Å². The number of benzene rings is 1. The van der Waals surface area contributed by atoms with E-state index in [-0.39, 0.29) is 11.8 Å². The van der Waals surface area contributed by atoms with Crippen molar-refractivity contribution < 1.29 is 13.2 Å². The van der Waals surface area contributed by atoms with Gasteiger partial charge < -0.3 is 4.57 Å². The number of thiazole rings is 1. The Morgan fingerprint density at radius 3 is 2.68 bits per heavy atom. The minimum absolute atomic E-state index is 0.151. The van der Waals surface area contributed by atoms with Crippen LogP contribution in [0.5, 0.6) is 0 Å². The number of aryl methyl sites for hydroxylation is 2. The number of aromatic nitrogens is 1. The summed E-state index contributed by atoms with van der Waals surface area (Å²) in [6.07, 6.45) is 4.40. The highest BCUT2D eigenvalue weighted by Gasteiger charge is 2.32. The molecule has 0 spiro atoms. The summed E-state index contributed by atoms with van der Waals surface area (Å²) in [5, 5.41) is 1.76. The second kappa shape index (κ2) is 9.36. The standard InChI is InChI=1S/C22H27N3O3S3/c1-3-4-6-16-8-9-18-19(15-16)30-22(24(18)2)23-21(26)17-10-12-25(13-11-17)31(27,28)20-7-5-14-29-20/h5,7-9,14-15,17H,3-4,6,10-13H2,1-2H3. The van der Waals surface area contributed by atoms with Gasteiger partial charge in [-0.05, 0) is 54.8 Å². The van der Waals surface area contributed by atoms with Gasteiger partial charge >= 0.3 is 0 Å². The van der Waals surface area contributed by atoms with E-state index in [0.717, 1.165) is 16.6 Å². The Kier molecular flexibility index (Phi) is 6.76. The molecule has 2 aromatic heterocycles. The van der Waals surface area contributed by atoms with Gasteiger partial charge in [0, 0.05) is 26.1 Å². The van der Waals surface area contributed by atoms with E-state index < -0.39 is 10.0 Å². The summed E-state index contributed by atoms with van der Waals surface area (Å²) in [6, 6.07) is 9.83. The third kappa shape index (κ3) is 4.69. The van der Waals surface area contributed by atoms with Crippen molar-refractivity contribution in [2.45, 2.75) is 43.2 Å². The minimum Gasteiger partial charge on any atom is -0.319 e. The highest BCUT2D eigenvalue weighted by molar-refractivity contribution is 7.91. The molecule has 3 heterocycles. The molecule has 6 nitrogen and oxygen atoms in total. The van der Waals surface area contributed by atoms with Crippen LogP contribution >= 0.6 is 22.7 Å². The van der Waals surface area contributed by atoms with Gasteiger partial charge in [-0.25, -0.2) is 8.42 Å². The van der Waals surface area contributed by atoms with E-state index >= 15 is 0 Å². The highest BCUT2D eigenvalue weighted by atomic mass is 32.2. The van der Waals surface area contributed by atoms with Crippen molar-refractivity contribution >= 4 is 48.8 Å². The summed E-state index contributed by atoms with van der Waals surface area (Å²) >= 11 is 2.76. The minimum atomic E-state index is -3.45. The van der Waals surface area contributed by atoms with Gasteiger partial charge in [0.25, 0.3) is 15.9 Å². The fourth-order valence-electron chi connectivity index (χ4n) is 3.89. The van der Waals surface area contributed by atoms with E-state index in [1.165, 1.54) is 45.4 Å². The van der Waals surface area contributed by atoms with E-state index in [0.29, 0.717) is 34.9 Å². The molecule has 1 aliphatic heterocycles. The molecule has 4 rings (SSSR count). The quantitative estimate of drug-likeness (QED) is 0.535. The predicted octanol–water partition coefficient (Wildman–Crippen LogP) is 4.17. The number of fused-ring (bicyclic) bond motifs is 1. The molecule has 1 fully saturated rings. The molecule has 0 aliphatic carbocycles. The number of sulfonamides is 1. The molecule has 166 valence electrons. The monoisotopic (exact) mass is 477 g/mol. The van der Waals surface area contributed by atoms with Gasteiger partial charge in [-0.3, -0.25) is 4.79 Å². The Balaban J connectivity index is 1.48. The largest absolute Gasteiger partial charge is 0.319 e. The number of carbonyl (C=O) groups excluding carboxylic acids is 1. The molecule has 0 N–H and O–H groups in total. The third-order valence-electron chi connectivity index (χ3n) is 5.79. The van der Waals surface area contributed by atoms with Gasteiger partial charge in [-0.1, -0.05) is 36.8 Å². The summed E-state index contributed by atoms with van der Waals surface area (Å²) in [7, 11) is -1.52. The van der Waals surface area contributed by atoms with Crippen LogP contribution in [0.3, 0.4) is 0 Å². The lowest BCUT2D eigenvalue weighted by molar-refractivity contribution is -0.122. The van der Waals surface area contributed by atoms with Gasteiger partial charge in [0.05, 0.1) is 10.2 Å². The number of thiophene rings is 1. The van der Waals surface area contributed by atoms with Crippen LogP contribution in [0.2, 0.25) is 0 Å². The highest BCUT2D eigenvalue weighted by Crippen LogP contribution is 2.27. The zero-order chi connectivity index (χ0) is 22.0. The molecule has 9 heteroatoms. The van der Waals surface area contributed by atoms with Gasteiger partial charge in [0.1, 0.15) is 4.21 Å². The number of amides is 1. The second-order valence-electron chi connectivity index (χ2n) is 7.91. The lowest BCUT2D eigenvalue weighted by atomic mass is 9.98. The number of nitrogens with zero attached hydrogens (tertiary/aromatic N) is 3. The summed E-state index contributed by atoms with van der Waals surface area (Å²) in [5.74, 6) is -0.387. The van der Waals surface area contributed by atoms with E-state index in [4.69, 9.17) is 0 Å². The number of rotatable bonds is 6. The third-order valence-corrected chi connectivity index (χ3v) is 10.2. The Bertz CT molecular complexity index is 1230. The molecule has 1 aliphatic rings. The van der Waals surface area contributed by atoms with Crippen molar-refractivity contribution in [1.29, 1.82) is 0 Å². The van der Waals surface area contributed by atoms with Crippen LogP contribution in [0.25, 0.3) is 10.2 Å². The van der Waals surface area contributed by atoms with Crippen molar-refractivity contribution in [3.63, 3.8) is 0 Å². The molecule has 1 amide bonds. The maximum atomic E-state index is 12.9. The number of unbranched alkanes of at least 4 members (excludes halogenated alkanes) is 1. The second-order valence-corrected chi connectivity index (χ2v) is 12.0. The normalized spacial score (nSPS) is 16.9. The van der Waals surface area contributed by atoms with Gasteiger partial charge in [-0.15, -0.1) is 11.3 Å². The van der Waals surface area contributed by atoms with Crippen molar-refractivity contribution in [2.75, 3.05) is 13.1 Å². The zero-order valence-electron chi connectivity index (χ0n) is 17.8. The maximum absolute atomic E-state index is 12.9. The van der Waals surface area contributed by atoms with E-state index in [1.807, 2.05) is 11.6 Å². The van der Waals surface area contributed by atoms with Crippen molar-refractivity contribution in [2.24, 2.45) is 18.0 Å². The van der Waals surface area contributed by atoms with Gasteiger partial charge in [0.2, 0.25) is 0 Å². The summed E-state index contributed by atoms with van der Waals surface area (Å²) in [6.45, 7) is 2.89. The number of hydrogen-bond acceptors (Lipinski definition) is 5. The molecule has 0 bridgehead atoms. The van der Waals surface area contributed by atoms with Crippen molar-refractivity contribution in [3.05, 3.63) is 46.1 Å². The van der Waals surface area contributed by atoms with E-state index in [1.54, 1.807) is 17.5 Å². The topological polar surface area (TPSA) is 71.7 Å². The molecular formula is C22H27N3O3S3. The van der Waals surface area contributed by atoms with Crippen LogP contribution < -0.4 is 4.80 Å². The van der Waals surface area contributed by atoms with Crippen LogP contribution in [0.1, 0.15) is 38.2 Å². The number of piperidine rings is 1. The predicted molar refractivity (Wildman–Crippen MR) is 126 cm³/mol. The van der Waals surface area contributed by atoms with Crippen LogP contribution in [-0.2, 0) is 28.3 Å². The van der Waals surface area contributed by atoms with Crippen LogP contribution in [0.15, 0.2) is 44.9 Å². The molecule has 0 atom stereocenters. The van der Waals surface area contributed by atoms with Crippen molar-refractivity contribution in [1.82, 2.24) is 8.87 Å². The maximum Gasteiger partial charge on any atom is 0.252 e. The molecule has 31 heavy (non-hydrogen) atoms. The molecule has 0 saturated carbocycles. The Morgan fingerprint density at radius 2 is 2.00 bits per heavy atom. The van der Waals surface area contributed by atoms with Crippen LogP contribution in [-0.4, -0.2) is 36.3 Å². The average Bonchev–Trinajstić information content (AvgIpc) is 3.42. The molecule has 1 aromatic carbocycles. The zero-order valence-corrected chi connectivity index (χ0v) is 20.2. The van der Waals surface area contributed by atoms with E-state index in [2.05, 4.69) is 30.1 Å². The van der Waals surface area contributed by atoms with Crippen molar-refractivity contribution in [3.8, 4) is 0 Å². The Morgan fingerprint density at radius 1 is 1.23 bits per heavy atom. The SMILES string of the molecule is CCCCc1ccc2c(c1)sc(=NC(=O)C1CCN(S(=O)(=O)c3cccs3)CC1)n2C. The smallest absolute Gasteiger partial charge is 0.252 e. The van der Waals surface area contributed by atoms with Gasteiger partial charge in [0.15, 0.2) is 4.80 Å².